The van der Waals surface area contributed by atoms with Crippen LogP contribution >= 0.6 is 0 Å². The second kappa shape index (κ2) is 8.82. The minimum atomic E-state index is -3.37. The molecular weight excluding hydrogens is 391 g/mol. The van der Waals surface area contributed by atoms with Crippen molar-refractivity contribution in [1.82, 2.24) is 10.6 Å². The highest BCUT2D eigenvalue weighted by atomic mass is 32.2. The van der Waals surface area contributed by atoms with E-state index >= 15 is 0 Å². The van der Waals surface area contributed by atoms with E-state index < -0.39 is 10.0 Å². The fourth-order valence-electron chi connectivity index (χ4n) is 3.30. The maximum Gasteiger partial charge on any atom is 0.229 e. The van der Waals surface area contributed by atoms with Crippen molar-refractivity contribution in [3.05, 3.63) is 65.5 Å². The van der Waals surface area contributed by atoms with Gasteiger partial charge in [-0.15, -0.1) is 0 Å². The van der Waals surface area contributed by atoms with E-state index in [2.05, 4.69) is 20.3 Å². The summed E-state index contributed by atoms with van der Waals surface area (Å²) in [6, 6.07) is 14.1. The molecule has 2 aromatic rings. The van der Waals surface area contributed by atoms with Crippen LogP contribution in [0.25, 0.3) is 0 Å². The van der Waals surface area contributed by atoms with E-state index in [1.807, 2.05) is 31.2 Å². The molecule has 2 aromatic carbocycles. The lowest BCUT2D eigenvalue weighted by atomic mass is 9.95. The Kier molecular flexibility index (Phi) is 6.42. The first-order valence-corrected chi connectivity index (χ1v) is 11.5. The lowest BCUT2D eigenvalue weighted by Crippen LogP contribution is -2.41. The van der Waals surface area contributed by atoms with E-state index in [1.165, 1.54) is 6.07 Å². The number of sulfonamides is 1. The third kappa shape index (κ3) is 5.69. The van der Waals surface area contributed by atoms with Crippen LogP contribution in [0.4, 0.5) is 10.1 Å². The van der Waals surface area contributed by atoms with Crippen LogP contribution in [0.15, 0.2) is 53.5 Å². The number of para-hydroxylation sites is 1. The number of aliphatic imine (C=N–C) groups is 1. The molecular formula is C21H27FN4O2S. The first-order valence-electron chi connectivity index (χ1n) is 9.66. The van der Waals surface area contributed by atoms with Crippen LogP contribution in [0.2, 0.25) is 0 Å². The van der Waals surface area contributed by atoms with Gasteiger partial charge in [0, 0.05) is 18.5 Å². The minimum absolute atomic E-state index is 0.172. The molecule has 156 valence electrons. The molecule has 0 radical (unpaired) electrons. The molecule has 1 aliphatic carbocycles. The van der Waals surface area contributed by atoms with Crippen LogP contribution in [0, 0.1) is 5.82 Å². The van der Waals surface area contributed by atoms with Gasteiger partial charge in [-0.05, 0) is 43.0 Å². The first-order chi connectivity index (χ1) is 13.8. The Morgan fingerprint density at radius 2 is 1.79 bits per heavy atom. The average Bonchev–Trinajstić information content (AvgIpc) is 3.45. The van der Waals surface area contributed by atoms with E-state index in [0.29, 0.717) is 31.3 Å². The number of hydrogen-bond donors (Lipinski definition) is 3. The Balaban J connectivity index is 1.71. The summed E-state index contributed by atoms with van der Waals surface area (Å²) >= 11 is 0. The highest BCUT2D eigenvalue weighted by molar-refractivity contribution is 7.92. The van der Waals surface area contributed by atoms with E-state index in [1.54, 1.807) is 18.2 Å². The molecule has 0 atom stereocenters. The summed E-state index contributed by atoms with van der Waals surface area (Å²) in [5, 5.41) is 6.51. The number of hydrogen-bond acceptors (Lipinski definition) is 3. The van der Waals surface area contributed by atoms with Crippen LogP contribution in [0.3, 0.4) is 0 Å². The largest absolute Gasteiger partial charge is 0.357 e. The molecule has 0 bridgehead atoms. The van der Waals surface area contributed by atoms with Crippen molar-refractivity contribution in [3.8, 4) is 0 Å². The van der Waals surface area contributed by atoms with Crippen molar-refractivity contribution in [2.75, 3.05) is 24.1 Å². The van der Waals surface area contributed by atoms with Gasteiger partial charge in [0.25, 0.3) is 0 Å². The monoisotopic (exact) mass is 418 g/mol. The number of nitrogens with one attached hydrogen (secondary N) is 3. The maximum atomic E-state index is 14.2. The molecule has 3 rings (SSSR count). The average molecular weight is 419 g/mol. The van der Waals surface area contributed by atoms with Gasteiger partial charge in [-0.1, -0.05) is 36.4 Å². The van der Waals surface area contributed by atoms with Crippen LogP contribution in [0.1, 0.15) is 30.9 Å². The number of guanidine groups is 1. The number of halogens is 1. The van der Waals surface area contributed by atoms with Crippen molar-refractivity contribution in [1.29, 1.82) is 0 Å². The first kappa shape index (κ1) is 21.1. The predicted octanol–water partition coefficient (Wildman–Crippen LogP) is 2.98. The van der Waals surface area contributed by atoms with Gasteiger partial charge in [0.1, 0.15) is 5.82 Å². The molecule has 0 heterocycles. The number of rotatable bonds is 8. The van der Waals surface area contributed by atoms with Crippen LogP contribution in [-0.4, -0.2) is 33.7 Å². The van der Waals surface area contributed by atoms with Crippen molar-refractivity contribution in [2.45, 2.75) is 31.7 Å². The van der Waals surface area contributed by atoms with Crippen molar-refractivity contribution in [3.63, 3.8) is 0 Å². The van der Waals surface area contributed by atoms with Gasteiger partial charge in [0.15, 0.2) is 5.96 Å². The molecule has 6 nitrogen and oxygen atoms in total. The summed E-state index contributed by atoms with van der Waals surface area (Å²) in [6.45, 7) is 3.55. The van der Waals surface area contributed by atoms with Gasteiger partial charge in [0.05, 0.1) is 18.5 Å². The molecule has 8 heteroatoms. The van der Waals surface area contributed by atoms with E-state index in [9.17, 15) is 12.8 Å². The van der Waals surface area contributed by atoms with E-state index in [0.717, 1.165) is 30.2 Å². The zero-order valence-electron chi connectivity index (χ0n) is 16.7. The third-order valence-corrected chi connectivity index (χ3v) is 5.55. The SMILES string of the molecule is CCNC(=NCc1ccccc1NS(C)(=O)=O)NCC1(c2ccccc2F)CC1. The molecule has 29 heavy (non-hydrogen) atoms. The number of benzene rings is 2. The summed E-state index contributed by atoms with van der Waals surface area (Å²) < 4.78 is 39.9. The molecule has 1 saturated carbocycles. The lowest BCUT2D eigenvalue weighted by molar-refractivity contribution is 0.559. The summed E-state index contributed by atoms with van der Waals surface area (Å²) in [7, 11) is -3.37. The Labute approximate surface area is 171 Å². The summed E-state index contributed by atoms with van der Waals surface area (Å²) in [4.78, 5) is 4.59. The maximum absolute atomic E-state index is 14.2. The standard InChI is InChI=1S/C21H27FN4O2S/c1-3-23-20(24-14-16-8-4-7-11-19(16)26-29(2,27)28)25-15-21(12-13-21)17-9-5-6-10-18(17)22/h4-11,26H,3,12-15H2,1-2H3,(H2,23,24,25). The molecule has 3 N–H and O–H groups in total. The summed E-state index contributed by atoms with van der Waals surface area (Å²) in [5.74, 6) is 0.443. The molecule has 1 aliphatic rings. The fraction of sp³-hybridized carbons (Fsp3) is 0.381. The zero-order valence-corrected chi connectivity index (χ0v) is 17.5. The van der Waals surface area contributed by atoms with Gasteiger partial charge in [0.2, 0.25) is 10.0 Å². The molecule has 1 fully saturated rings. The zero-order chi connectivity index (χ0) is 20.9. The van der Waals surface area contributed by atoms with Gasteiger partial charge >= 0.3 is 0 Å². The van der Waals surface area contributed by atoms with Crippen molar-refractivity contribution >= 4 is 21.7 Å². The van der Waals surface area contributed by atoms with Crippen LogP contribution < -0.4 is 15.4 Å². The predicted molar refractivity (Wildman–Crippen MR) is 115 cm³/mol. The number of anilines is 1. The summed E-state index contributed by atoms with van der Waals surface area (Å²) in [6.07, 6.45) is 2.99. The Hall–Kier alpha value is -2.61. The Morgan fingerprint density at radius 1 is 1.10 bits per heavy atom. The van der Waals surface area contributed by atoms with Gasteiger partial charge < -0.3 is 10.6 Å². The highest BCUT2D eigenvalue weighted by Gasteiger charge is 2.45. The van der Waals surface area contributed by atoms with Crippen LogP contribution in [0.5, 0.6) is 0 Å². The van der Waals surface area contributed by atoms with Gasteiger partial charge in [-0.3, -0.25) is 4.72 Å². The molecule has 0 spiro atoms. The molecule has 0 unspecified atom stereocenters. The van der Waals surface area contributed by atoms with E-state index in [-0.39, 0.29) is 11.2 Å². The number of nitrogens with zero attached hydrogens (tertiary/aromatic N) is 1. The minimum Gasteiger partial charge on any atom is -0.357 e. The molecule has 0 amide bonds. The topological polar surface area (TPSA) is 82.6 Å². The van der Waals surface area contributed by atoms with E-state index in [4.69, 9.17) is 0 Å². The van der Waals surface area contributed by atoms with Crippen LogP contribution in [-0.2, 0) is 22.0 Å². The smallest absolute Gasteiger partial charge is 0.229 e. The molecule has 0 saturated heterocycles. The Morgan fingerprint density at radius 3 is 2.45 bits per heavy atom. The third-order valence-electron chi connectivity index (χ3n) is 4.96. The van der Waals surface area contributed by atoms with Crippen molar-refractivity contribution in [2.24, 2.45) is 4.99 Å². The second-order valence-corrected chi connectivity index (χ2v) is 9.09. The van der Waals surface area contributed by atoms with Crippen molar-refractivity contribution < 1.29 is 12.8 Å². The quantitative estimate of drug-likeness (QED) is 0.455. The summed E-state index contributed by atoms with van der Waals surface area (Å²) in [5.41, 5.74) is 1.83. The van der Waals surface area contributed by atoms with Gasteiger partial charge in [-0.2, -0.15) is 0 Å². The Bertz CT molecular complexity index is 988. The fourth-order valence-corrected chi connectivity index (χ4v) is 3.90. The second-order valence-electron chi connectivity index (χ2n) is 7.34. The highest BCUT2D eigenvalue weighted by Crippen LogP contribution is 2.48. The molecule has 0 aromatic heterocycles. The lowest BCUT2D eigenvalue weighted by Gasteiger charge is -2.19. The molecule has 0 aliphatic heterocycles. The normalized spacial score (nSPS) is 15.6. The van der Waals surface area contributed by atoms with Gasteiger partial charge in [-0.25, -0.2) is 17.8 Å².